The Morgan fingerprint density at radius 1 is 1.22 bits per heavy atom. The minimum absolute atomic E-state index is 0.119. The Morgan fingerprint density at radius 2 is 1.94 bits per heavy atom. The van der Waals surface area contributed by atoms with Crippen LogP contribution < -0.4 is 21.1 Å². The predicted octanol–water partition coefficient (Wildman–Crippen LogP) is 2.83. The lowest BCUT2D eigenvalue weighted by Gasteiger charge is -2.29. The predicted molar refractivity (Wildman–Crippen MR) is 123 cm³/mol. The van der Waals surface area contributed by atoms with Crippen LogP contribution in [0.1, 0.15) is 49.7 Å². The molecule has 3 N–H and O–H groups in total. The quantitative estimate of drug-likeness (QED) is 0.599. The Balaban J connectivity index is 1.55. The number of H-pyrrole nitrogens is 1. The first-order chi connectivity index (χ1) is 15.5. The number of aromatic nitrogens is 2. The van der Waals surface area contributed by atoms with E-state index in [9.17, 15) is 14.4 Å². The topological polar surface area (TPSA) is 116 Å². The molecule has 0 saturated carbocycles. The van der Waals surface area contributed by atoms with Crippen LogP contribution in [0.4, 0.5) is 17.5 Å². The number of piperidine rings is 1. The molecular weight excluding hydrogens is 410 g/mol. The molecule has 1 aromatic heterocycles. The van der Waals surface area contributed by atoms with Crippen LogP contribution in [0.2, 0.25) is 0 Å². The van der Waals surface area contributed by atoms with Gasteiger partial charge in [-0.3, -0.25) is 19.4 Å². The van der Waals surface area contributed by atoms with Crippen molar-refractivity contribution in [3.8, 4) is 0 Å². The van der Waals surface area contributed by atoms with E-state index in [-0.39, 0.29) is 23.7 Å². The Labute approximate surface area is 185 Å². The number of carbonyl (C=O) groups is 2. The maximum atomic E-state index is 13.0. The highest BCUT2D eigenvalue weighted by molar-refractivity contribution is 6.04. The standard InChI is InChI=1S/C23H27N5O4/c1-3-32-14(2)15-7-9-16(10-8-15)24-21(30)17-13-18(29)25-20-19(17)22(31)27-23(26-20)28-11-5-4-6-12-28/h7-10,17H,2-6,11-13H2,1H3,(H,24,30)(H2,25,26,27,29,31)/t17-/m0/s1. The first kappa shape index (κ1) is 21.6. The number of carbonyl (C=O) groups excluding carboxylic acids is 2. The molecule has 4 rings (SSSR count). The zero-order chi connectivity index (χ0) is 22.7. The van der Waals surface area contributed by atoms with Crippen molar-refractivity contribution in [1.82, 2.24) is 9.97 Å². The van der Waals surface area contributed by atoms with Crippen molar-refractivity contribution in [3.63, 3.8) is 0 Å². The average molecular weight is 438 g/mol. The van der Waals surface area contributed by atoms with E-state index in [0.29, 0.717) is 24.0 Å². The summed E-state index contributed by atoms with van der Waals surface area (Å²) in [5.74, 6) is -0.568. The summed E-state index contributed by atoms with van der Waals surface area (Å²) in [6.07, 6.45) is 3.07. The summed E-state index contributed by atoms with van der Waals surface area (Å²) in [5.41, 5.74) is 1.13. The van der Waals surface area contributed by atoms with Gasteiger partial charge in [-0.1, -0.05) is 6.58 Å². The normalized spacial score (nSPS) is 17.8. The highest BCUT2D eigenvalue weighted by atomic mass is 16.5. The number of anilines is 3. The molecule has 9 nitrogen and oxygen atoms in total. The summed E-state index contributed by atoms with van der Waals surface area (Å²) in [7, 11) is 0. The fourth-order valence-corrected chi connectivity index (χ4v) is 4.07. The van der Waals surface area contributed by atoms with Crippen LogP contribution in [-0.4, -0.2) is 41.5 Å². The van der Waals surface area contributed by atoms with Crippen molar-refractivity contribution in [2.45, 2.75) is 38.5 Å². The van der Waals surface area contributed by atoms with Gasteiger partial charge in [-0.15, -0.1) is 0 Å². The van der Waals surface area contributed by atoms with E-state index >= 15 is 0 Å². The zero-order valence-electron chi connectivity index (χ0n) is 18.1. The third-order valence-electron chi connectivity index (χ3n) is 5.70. The first-order valence-corrected chi connectivity index (χ1v) is 10.9. The highest BCUT2D eigenvalue weighted by Crippen LogP contribution is 2.30. The Morgan fingerprint density at radius 3 is 2.62 bits per heavy atom. The van der Waals surface area contributed by atoms with Crippen LogP contribution in [0.5, 0.6) is 0 Å². The molecule has 1 aromatic carbocycles. The summed E-state index contributed by atoms with van der Waals surface area (Å²) in [5, 5.41) is 5.46. The van der Waals surface area contributed by atoms with E-state index in [1.807, 2.05) is 11.8 Å². The minimum atomic E-state index is -0.927. The molecular formula is C23H27N5O4. The largest absolute Gasteiger partial charge is 0.494 e. The van der Waals surface area contributed by atoms with E-state index in [2.05, 4.69) is 27.2 Å². The lowest BCUT2D eigenvalue weighted by Crippen LogP contribution is -2.38. The van der Waals surface area contributed by atoms with Crippen molar-refractivity contribution in [3.05, 3.63) is 52.3 Å². The molecule has 1 fully saturated rings. The number of amides is 2. The van der Waals surface area contributed by atoms with Crippen LogP contribution in [0.25, 0.3) is 5.76 Å². The van der Waals surface area contributed by atoms with Gasteiger partial charge in [0.05, 0.1) is 18.1 Å². The zero-order valence-corrected chi connectivity index (χ0v) is 18.1. The monoisotopic (exact) mass is 437 g/mol. The molecule has 1 atom stereocenters. The number of nitrogens with one attached hydrogen (secondary N) is 3. The lowest BCUT2D eigenvalue weighted by molar-refractivity contribution is -0.123. The Kier molecular flexibility index (Phi) is 6.25. The number of fused-ring (bicyclic) bond motifs is 1. The van der Waals surface area contributed by atoms with E-state index in [4.69, 9.17) is 4.74 Å². The number of hydrogen-bond acceptors (Lipinski definition) is 6. The molecule has 3 heterocycles. The van der Waals surface area contributed by atoms with Crippen molar-refractivity contribution in [1.29, 1.82) is 0 Å². The van der Waals surface area contributed by atoms with Gasteiger partial charge in [0.15, 0.2) is 0 Å². The van der Waals surface area contributed by atoms with Gasteiger partial charge in [-0.2, -0.15) is 4.98 Å². The van der Waals surface area contributed by atoms with Gasteiger partial charge >= 0.3 is 0 Å². The highest BCUT2D eigenvalue weighted by Gasteiger charge is 2.35. The van der Waals surface area contributed by atoms with Crippen LogP contribution in [0.3, 0.4) is 0 Å². The lowest BCUT2D eigenvalue weighted by atomic mass is 9.92. The fraction of sp³-hybridized carbons (Fsp3) is 0.391. The number of nitrogens with zero attached hydrogens (tertiary/aromatic N) is 2. The van der Waals surface area contributed by atoms with Gasteiger partial charge < -0.3 is 20.3 Å². The summed E-state index contributed by atoms with van der Waals surface area (Å²) >= 11 is 0. The van der Waals surface area contributed by atoms with Crippen LogP contribution in [0, 0.1) is 0 Å². The number of aromatic amines is 1. The Hall–Kier alpha value is -3.62. The van der Waals surface area contributed by atoms with E-state index in [1.54, 1.807) is 24.3 Å². The molecule has 0 bridgehead atoms. The van der Waals surface area contributed by atoms with E-state index in [0.717, 1.165) is 37.9 Å². The van der Waals surface area contributed by atoms with Crippen LogP contribution >= 0.6 is 0 Å². The molecule has 0 unspecified atom stereocenters. The van der Waals surface area contributed by atoms with Gasteiger partial charge in [0.2, 0.25) is 17.8 Å². The molecule has 0 radical (unpaired) electrons. The maximum Gasteiger partial charge on any atom is 0.258 e. The Bertz CT molecular complexity index is 1090. The molecule has 0 aliphatic carbocycles. The van der Waals surface area contributed by atoms with Crippen LogP contribution in [0.15, 0.2) is 35.6 Å². The summed E-state index contributed by atoms with van der Waals surface area (Å²) < 4.78 is 5.39. The molecule has 32 heavy (non-hydrogen) atoms. The van der Waals surface area contributed by atoms with E-state index in [1.165, 1.54) is 0 Å². The van der Waals surface area contributed by atoms with E-state index < -0.39 is 17.4 Å². The average Bonchev–Trinajstić information content (AvgIpc) is 2.79. The number of hydrogen-bond donors (Lipinski definition) is 3. The molecule has 1 saturated heterocycles. The SMILES string of the molecule is C=C(OCC)c1ccc(NC(=O)[C@H]2CC(=O)Nc3nc(N4CCCCC4)[nH]c(=O)c32)cc1. The summed E-state index contributed by atoms with van der Waals surface area (Å²) in [4.78, 5) is 47.5. The van der Waals surface area contributed by atoms with Crippen molar-refractivity contribution >= 4 is 35.0 Å². The molecule has 2 aliphatic heterocycles. The summed E-state index contributed by atoms with van der Waals surface area (Å²) in [6, 6.07) is 7.02. The van der Waals surface area contributed by atoms with Gasteiger partial charge in [-0.05, 0) is 50.5 Å². The van der Waals surface area contributed by atoms with Gasteiger partial charge in [-0.25, -0.2) is 0 Å². The van der Waals surface area contributed by atoms with Gasteiger partial charge in [0, 0.05) is 30.8 Å². The third kappa shape index (κ3) is 4.51. The van der Waals surface area contributed by atoms with Crippen molar-refractivity contribution < 1.29 is 14.3 Å². The maximum absolute atomic E-state index is 13.0. The third-order valence-corrected chi connectivity index (χ3v) is 5.70. The smallest absolute Gasteiger partial charge is 0.258 e. The molecule has 0 spiro atoms. The number of rotatable bonds is 6. The molecule has 9 heteroatoms. The van der Waals surface area contributed by atoms with Crippen LogP contribution in [-0.2, 0) is 14.3 Å². The van der Waals surface area contributed by atoms with Gasteiger partial charge in [0.1, 0.15) is 11.6 Å². The molecule has 2 amide bonds. The van der Waals surface area contributed by atoms with Crippen molar-refractivity contribution in [2.24, 2.45) is 0 Å². The molecule has 168 valence electrons. The summed E-state index contributed by atoms with van der Waals surface area (Å²) in [6.45, 7) is 7.85. The van der Waals surface area contributed by atoms with Crippen molar-refractivity contribution in [2.75, 3.05) is 35.2 Å². The molecule has 2 aromatic rings. The number of ether oxygens (including phenoxy) is 1. The molecule has 2 aliphatic rings. The second kappa shape index (κ2) is 9.25. The second-order valence-electron chi connectivity index (χ2n) is 7.93. The first-order valence-electron chi connectivity index (χ1n) is 10.9. The fourth-order valence-electron chi connectivity index (χ4n) is 4.07. The second-order valence-corrected chi connectivity index (χ2v) is 7.93. The van der Waals surface area contributed by atoms with Gasteiger partial charge in [0.25, 0.3) is 5.56 Å². The minimum Gasteiger partial charge on any atom is -0.494 e. The number of benzene rings is 1.